The van der Waals surface area contributed by atoms with Crippen LogP contribution in [0.25, 0.3) is 10.2 Å². The molecule has 0 atom stereocenters. The number of fused-ring (bicyclic) bond motifs is 1. The molecule has 2 aliphatic rings. The van der Waals surface area contributed by atoms with Crippen LogP contribution < -0.4 is 14.7 Å². The summed E-state index contributed by atoms with van der Waals surface area (Å²) < 4.78 is 0. The average Bonchev–Trinajstić information content (AvgIpc) is 3.15. The van der Waals surface area contributed by atoms with Gasteiger partial charge < -0.3 is 14.7 Å². The van der Waals surface area contributed by atoms with Crippen molar-refractivity contribution in [2.75, 3.05) is 54.0 Å². The molecule has 0 spiro atoms. The fourth-order valence-corrected chi connectivity index (χ4v) is 5.01. The Morgan fingerprint density at radius 2 is 1.36 bits per heavy atom. The predicted molar refractivity (Wildman–Crippen MR) is 115 cm³/mol. The number of aryl methyl sites for hydroxylation is 1. The minimum atomic E-state index is 0.935. The lowest BCUT2D eigenvalue weighted by molar-refractivity contribution is 0.572. The normalized spacial score (nSPS) is 18.1. The smallest absolute Gasteiger partial charge is 0.140 e. The lowest BCUT2D eigenvalue weighted by Gasteiger charge is -2.36. The molecule has 0 saturated carbocycles. The van der Waals surface area contributed by atoms with E-state index in [-0.39, 0.29) is 0 Å². The Morgan fingerprint density at radius 3 is 2.11 bits per heavy atom. The summed E-state index contributed by atoms with van der Waals surface area (Å²) in [4.78, 5) is 27.6. The number of anilines is 3. The highest BCUT2D eigenvalue weighted by atomic mass is 32.1. The summed E-state index contributed by atoms with van der Waals surface area (Å²) >= 11 is 1.73. The van der Waals surface area contributed by atoms with Crippen LogP contribution in [-0.4, -0.2) is 59.2 Å². The molecule has 2 saturated heterocycles. The van der Waals surface area contributed by atoms with Crippen molar-refractivity contribution in [1.82, 2.24) is 19.9 Å². The van der Waals surface area contributed by atoms with Gasteiger partial charge in [-0.3, -0.25) is 0 Å². The maximum atomic E-state index is 4.59. The van der Waals surface area contributed by atoms with Crippen molar-refractivity contribution < 1.29 is 0 Å². The van der Waals surface area contributed by atoms with E-state index in [4.69, 9.17) is 0 Å². The number of piperazine rings is 1. The van der Waals surface area contributed by atoms with Crippen LogP contribution in [0.2, 0.25) is 0 Å². The fourth-order valence-electron chi connectivity index (χ4n) is 4.17. The molecule has 3 aromatic heterocycles. The average molecular weight is 396 g/mol. The second-order valence-corrected chi connectivity index (χ2v) is 8.76. The van der Waals surface area contributed by atoms with Crippen molar-refractivity contribution in [3.05, 3.63) is 29.7 Å². The summed E-state index contributed by atoms with van der Waals surface area (Å²) in [6.45, 7) is 8.08. The highest BCUT2D eigenvalue weighted by Gasteiger charge is 2.22. The predicted octanol–water partition coefficient (Wildman–Crippen LogP) is 3.11. The molecule has 2 aliphatic heterocycles. The van der Waals surface area contributed by atoms with Gasteiger partial charge in [-0.2, -0.15) is 0 Å². The Morgan fingerprint density at radius 1 is 0.714 bits per heavy atom. The van der Waals surface area contributed by atoms with Crippen LogP contribution in [0.1, 0.15) is 24.1 Å². The van der Waals surface area contributed by atoms with Crippen LogP contribution in [0.4, 0.5) is 17.5 Å². The molecule has 7 nitrogen and oxygen atoms in total. The van der Waals surface area contributed by atoms with Gasteiger partial charge in [-0.05, 0) is 32.3 Å². The van der Waals surface area contributed by atoms with Crippen molar-refractivity contribution >= 4 is 39.0 Å². The van der Waals surface area contributed by atoms with Crippen molar-refractivity contribution in [3.63, 3.8) is 0 Å². The van der Waals surface area contributed by atoms with Gasteiger partial charge in [-0.1, -0.05) is 0 Å². The maximum Gasteiger partial charge on any atom is 0.140 e. The molecule has 8 heteroatoms. The summed E-state index contributed by atoms with van der Waals surface area (Å²) in [6.07, 6.45) is 7.25. The first-order valence-corrected chi connectivity index (χ1v) is 10.9. The van der Waals surface area contributed by atoms with E-state index in [2.05, 4.69) is 53.7 Å². The minimum Gasteiger partial charge on any atom is -0.356 e. The largest absolute Gasteiger partial charge is 0.356 e. The summed E-state index contributed by atoms with van der Waals surface area (Å²) in [7, 11) is 0. The number of nitrogens with zero attached hydrogens (tertiary/aromatic N) is 7. The van der Waals surface area contributed by atoms with Crippen LogP contribution in [-0.2, 0) is 0 Å². The number of hydrogen-bond acceptors (Lipinski definition) is 8. The molecule has 0 aliphatic carbocycles. The molecule has 28 heavy (non-hydrogen) atoms. The topological polar surface area (TPSA) is 61.3 Å². The Kier molecular flexibility index (Phi) is 4.72. The van der Waals surface area contributed by atoms with Crippen molar-refractivity contribution in [2.24, 2.45) is 0 Å². The summed E-state index contributed by atoms with van der Waals surface area (Å²) in [5, 5.41) is 1.17. The zero-order valence-electron chi connectivity index (χ0n) is 16.2. The highest BCUT2D eigenvalue weighted by molar-refractivity contribution is 7.18. The van der Waals surface area contributed by atoms with Crippen LogP contribution >= 0.6 is 11.3 Å². The van der Waals surface area contributed by atoms with Crippen molar-refractivity contribution in [3.8, 4) is 0 Å². The zero-order valence-corrected chi connectivity index (χ0v) is 17.0. The first-order chi connectivity index (χ1) is 13.8. The van der Waals surface area contributed by atoms with Crippen LogP contribution in [0, 0.1) is 6.92 Å². The van der Waals surface area contributed by atoms with Gasteiger partial charge in [0.2, 0.25) is 0 Å². The molecular weight excluding hydrogens is 370 g/mol. The lowest BCUT2D eigenvalue weighted by atomic mass is 10.1. The molecule has 0 bridgehead atoms. The Labute approximate surface area is 169 Å². The summed E-state index contributed by atoms with van der Waals surface area (Å²) in [5.74, 6) is 3.17. The second-order valence-electron chi connectivity index (χ2n) is 7.53. The quantitative estimate of drug-likeness (QED) is 0.675. The van der Waals surface area contributed by atoms with Crippen molar-refractivity contribution in [1.29, 1.82) is 0 Å². The molecule has 0 radical (unpaired) electrons. The fraction of sp³-hybridized carbons (Fsp3) is 0.500. The van der Waals surface area contributed by atoms with E-state index in [1.165, 1.54) is 29.5 Å². The molecule has 0 aromatic carbocycles. The Bertz CT molecular complexity index is 958. The number of piperidine rings is 1. The van der Waals surface area contributed by atoms with Gasteiger partial charge in [0, 0.05) is 50.2 Å². The van der Waals surface area contributed by atoms with E-state index in [0.29, 0.717) is 0 Å². The molecule has 3 aromatic rings. The molecule has 5 rings (SSSR count). The van der Waals surface area contributed by atoms with E-state index < -0.39 is 0 Å². The van der Waals surface area contributed by atoms with Gasteiger partial charge in [-0.15, -0.1) is 11.3 Å². The third kappa shape index (κ3) is 3.37. The standard InChI is InChI=1S/C20H25N7S/c1-15-11-16-19(23-14-24-20(16)28-15)27-9-7-26(8-10-27)18-12-17(21-13-22-18)25-5-3-2-4-6-25/h11-14H,2-10H2,1H3. The monoisotopic (exact) mass is 395 g/mol. The van der Waals surface area contributed by atoms with Gasteiger partial charge in [0.15, 0.2) is 0 Å². The Balaban J connectivity index is 1.30. The minimum absolute atomic E-state index is 0.935. The second kappa shape index (κ2) is 7.50. The van der Waals surface area contributed by atoms with Gasteiger partial charge in [0.1, 0.15) is 34.9 Å². The highest BCUT2D eigenvalue weighted by Crippen LogP contribution is 2.30. The summed E-state index contributed by atoms with van der Waals surface area (Å²) in [6, 6.07) is 4.36. The van der Waals surface area contributed by atoms with Gasteiger partial charge in [-0.25, -0.2) is 19.9 Å². The molecule has 5 heterocycles. The van der Waals surface area contributed by atoms with E-state index in [0.717, 1.165) is 61.6 Å². The maximum absolute atomic E-state index is 4.59. The zero-order chi connectivity index (χ0) is 18.9. The van der Waals surface area contributed by atoms with E-state index in [1.54, 1.807) is 24.0 Å². The van der Waals surface area contributed by atoms with Gasteiger partial charge in [0.25, 0.3) is 0 Å². The number of hydrogen-bond donors (Lipinski definition) is 0. The van der Waals surface area contributed by atoms with Gasteiger partial charge >= 0.3 is 0 Å². The third-order valence-corrected chi connectivity index (χ3v) is 6.61. The number of aromatic nitrogens is 4. The first-order valence-electron chi connectivity index (χ1n) is 10.1. The SMILES string of the molecule is Cc1cc2c(N3CCN(c4cc(N5CCCCC5)ncn4)CC3)ncnc2s1. The third-order valence-electron chi connectivity index (χ3n) is 5.65. The molecule has 0 N–H and O–H groups in total. The molecule has 0 amide bonds. The van der Waals surface area contributed by atoms with Crippen molar-refractivity contribution in [2.45, 2.75) is 26.2 Å². The van der Waals surface area contributed by atoms with Crippen LogP contribution in [0.15, 0.2) is 24.8 Å². The summed E-state index contributed by atoms with van der Waals surface area (Å²) in [5.41, 5.74) is 0. The van der Waals surface area contributed by atoms with E-state index in [1.807, 2.05) is 0 Å². The molecule has 0 unspecified atom stereocenters. The lowest BCUT2D eigenvalue weighted by Crippen LogP contribution is -2.47. The first kappa shape index (κ1) is 17.6. The van der Waals surface area contributed by atoms with Crippen LogP contribution in [0.3, 0.4) is 0 Å². The molecular formula is C20H25N7S. The molecule has 146 valence electrons. The van der Waals surface area contributed by atoms with E-state index >= 15 is 0 Å². The number of rotatable bonds is 3. The van der Waals surface area contributed by atoms with E-state index in [9.17, 15) is 0 Å². The Hall–Kier alpha value is -2.48. The number of thiophene rings is 1. The molecule has 2 fully saturated rings. The van der Waals surface area contributed by atoms with Gasteiger partial charge in [0.05, 0.1) is 5.39 Å². The van der Waals surface area contributed by atoms with Crippen LogP contribution in [0.5, 0.6) is 0 Å².